The number of nitrogens with zero attached hydrogens (tertiary/aromatic N) is 6. The van der Waals surface area contributed by atoms with Crippen LogP contribution in [0.3, 0.4) is 0 Å². The van der Waals surface area contributed by atoms with Gasteiger partial charge in [-0.05, 0) is 47.7 Å². The highest BCUT2D eigenvalue weighted by atomic mass is 32.2. The first-order valence-corrected chi connectivity index (χ1v) is 14.2. The van der Waals surface area contributed by atoms with E-state index in [1.165, 1.54) is 34.5 Å². The van der Waals surface area contributed by atoms with Gasteiger partial charge in [-0.3, -0.25) is 9.59 Å². The average Bonchev–Trinajstić information content (AvgIpc) is 3.45. The topological polar surface area (TPSA) is 160 Å². The third-order valence-corrected chi connectivity index (χ3v) is 8.62. The van der Waals surface area contributed by atoms with Crippen molar-refractivity contribution in [1.29, 1.82) is 0 Å². The second-order valence-electron chi connectivity index (χ2n) is 9.86. The molecule has 1 aromatic heterocycles. The Morgan fingerprint density at radius 2 is 2.00 bits per heavy atom. The molecule has 0 saturated heterocycles. The summed E-state index contributed by atoms with van der Waals surface area (Å²) in [5.41, 5.74) is 0.968. The third kappa shape index (κ3) is 6.81. The van der Waals surface area contributed by atoms with Crippen molar-refractivity contribution in [1.82, 2.24) is 29.4 Å². The standard InChI is InChI=1S/C26H33N7O6S/c1-18-13-33(19(2)16-34)26(36)12-20-11-21(28-25(35)15-32-17-27-29-30-32)9-10-23(20)39-24(18)14-31(3)40(37,38)22-7-5-4-6-8-22/h4-11,17-19,24,34H,12-16H2,1-3H3,(H,28,35)/t18-,19-,24+/m1/s1. The van der Waals surface area contributed by atoms with E-state index < -0.39 is 22.2 Å². The van der Waals surface area contributed by atoms with Gasteiger partial charge in [-0.1, -0.05) is 25.1 Å². The molecule has 4 rings (SSSR count). The molecule has 14 heteroatoms. The van der Waals surface area contributed by atoms with Crippen molar-refractivity contribution in [2.45, 2.75) is 43.9 Å². The number of anilines is 1. The minimum Gasteiger partial charge on any atom is -0.488 e. The Morgan fingerprint density at radius 3 is 2.67 bits per heavy atom. The fourth-order valence-corrected chi connectivity index (χ4v) is 5.65. The molecule has 3 aromatic rings. The summed E-state index contributed by atoms with van der Waals surface area (Å²) in [7, 11) is -2.29. The smallest absolute Gasteiger partial charge is 0.246 e. The Balaban J connectivity index is 1.62. The Hall–Kier alpha value is -3.88. The number of carbonyl (C=O) groups excluding carboxylic acids is 2. The Morgan fingerprint density at radius 1 is 1.25 bits per heavy atom. The van der Waals surface area contributed by atoms with Crippen molar-refractivity contribution < 1.29 is 27.9 Å². The number of hydrogen-bond acceptors (Lipinski definition) is 9. The molecule has 214 valence electrons. The van der Waals surface area contributed by atoms with Gasteiger partial charge in [0.15, 0.2) is 0 Å². The molecule has 2 amide bonds. The molecular formula is C26H33N7O6S. The summed E-state index contributed by atoms with van der Waals surface area (Å²) in [6.45, 7) is 3.60. The fraction of sp³-hybridized carbons (Fsp3) is 0.423. The number of benzene rings is 2. The molecule has 0 aliphatic carbocycles. The van der Waals surface area contributed by atoms with E-state index in [9.17, 15) is 23.1 Å². The van der Waals surface area contributed by atoms with Crippen molar-refractivity contribution in [3.8, 4) is 5.75 Å². The molecule has 2 aromatic carbocycles. The van der Waals surface area contributed by atoms with Gasteiger partial charge < -0.3 is 20.1 Å². The molecular weight excluding hydrogens is 538 g/mol. The van der Waals surface area contributed by atoms with Crippen LogP contribution in [0.15, 0.2) is 59.8 Å². The second-order valence-corrected chi connectivity index (χ2v) is 11.9. The molecule has 0 saturated carbocycles. The Labute approximate surface area is 232 Å². The van der Waals surface area contributed by atoms with Gasteiger partial charge >= 0.3 is 0 Å². The van der Waals surface area contributed by atoms with Crippen LogP contribution in [-0.2, 0) is 32.6 Å². The summed E-state index contributed by atoms with van der Waals surface area (Å²) < 4.78 is 35.4. The van der Waals surface area contributed by atoms with Crippen molar-refractivity contribution in [2.24, 2.45) is 5.92 Å². The molecule has 1 aliphatic rings. The van der Waals surface area contributed by atoms with Crippen molar-refractivity contribution in [2.75, 3.05) is 32.1 Å². The number of hydrogen-bond donors (Lipinski definition) is 2. The lowest BCUT2D eigenvalue weighted by Gasteiger charge is -2.33. The first kappa shape index (κ1) is 29.1. The Kier molecular flexibility index (Phi) is 9.12. The summed E-state index contributed by atoms with van der Waals surface area (Å²) in [5.74, 6) is -0.459. The van der Waals surface area contributed by atoms with Gasteiger partial charge in [-0.15, -0.1) is 5.10 Å². The van der Waals surface area contributed by atoms with Crippen LogP contribution in [0.25, 0.3) is 0 Å². The molecule has 13 nitrogen and oxygen atoms in total. The van der Waals surface area contributed by atoms with Crippen molar-refractivity contribution in [3.63, 3.8) is 0 Å². The minimum absolute atomic E-state index is 0.0256. The van der Waals surface area contributed by atoms with Gasteiger partial charge in [-0.25, -0.2) is 13.1 Å². The van der Waals surface area contributed by atoms with E-state index in [-0.39, 0.29) is 55.3 Å². The zero-order valence-electron chi connectivity index (χ0n) is 22.5. The minimum atomic E-state index is -3.79. The summed E-state index contributed by atoms with van der Waals surface area (Å²) in [4.78, 5) is 27.6. The number of likely N-dealkylation sites (N-methyl/N-ethyl adjacent to an activating group) is 1. The molecule has 0 unspecified atom stereocenters. The lowest BCUT2D eigenvalue weighted by atomic mass is 10.0. The number of tetrazole rings is 1. The number of sulfonamides is 1. The molecule has 0 bridgehead atoms. The normalized spacial score (nSPS) is 18.7. The monoisotopic (exact) mass is 571 g/mol. The number of ether oxygens (including phenoxy) is 1. The highest BCUT2D eigenvalue weighted by Crippen LogP contribution is 2.30. The van der Waals surface area contributed by atoms with E-state index in [1.807, 2.05) is 6.92 Å². The maximum atomic E-state index is 13.4. The average molecular weight is 572 g/mol. The summed E-state index contributed by atoms with van der Waals surface area (Å²) in [5, 5.41) is 23.3. The van der Waals surface area contributed by atoms with Crippen LogP contribution in [-0.4, -0.2) is 93.6 Å². The van der Waals surface area contributed by atoms with Crippen molar-refractivity contribution in [3.05, 3.63) is 60.4 Å². The predicted octanol–water partition coefficient (Wildman–Crippen LogP) is 0.782. The van der Waals surface area contributed by atoms with E-state index in [0.29, 0.717) is 17.0 Å². The second kappa shape index (κ2) is 12.5. The SMILES string of the molecule is C[C@@H]1CN([C@H](C)CO)C(=O)Cc2cc(NC(=O)Cn3cnnn3)ccc2O[C@H]1CN(C)S(=O)(=O)c1ccccc1. The maximum Gasteiger partial charge on any atom is 0.246 e. The van der Waals surface area contributed by atoms with Crippen LogP contribution in [0.5, 0.6) is 5.75 Å². The zero-order valence-corrected chi connectivity index (χ0v) is 23.4. The maximum absolute atomic E-state index is 13.4. The zero-order chi connectivity index (χ0) is 28.9. The van der Waals surface area contributed by atoms with Gasteiger partial charge in [-0.2, -0.15) is 4.31 Å². The summed E-state index contributed by atoms with van der Waals surface area (Å²) >= 11 is 0. The molecule has 2 heterocycles. The number of amides is 2. The van der Waals surface area contributed by atoms with E-state index >= 15 is 0 Å². The molecule has 0 spiro atoms. The predicted molar refractivity (Wildman–Crippen MR) is 145 cm³/mol. The number of aromatic nitrogens is 4. The van der Waals surface area contributed by atoms with Gasteiger partial charge in [0.05, 0.1) is 30.5 Å². The van der Waals surface area contributed by atoms with Crippen LogP contribution in [0.4, 0.5) is 5.69 Å². The van der Waals surface area contributed by atoms with Crippen LogP contribution >= 0.6 is 0 Å². The first-order valence-electron chi connectivity index (χ1n) is 12.8. The number of aliphatic hydroxyl groups is 1. The van der Waals surface area contributed by atoms with E-state index in [2.05, 4.69) is 20.8 Å². The highest BCUT2D eigenvalue weighted by Gasteiger charge is 2.33. The van der Waals surface area contributed by atoms with Gasteiger partial charge in [0.25, 0.3) is 0 Å². The molecule has 0 radical (unpaired) electrons. The number of rotatable bonds is 9. The van der Waals surface area contributed by atoms with E-state index in [1.54, 1.807) is 48.2 Å². The fourth-order valence-electron chi connectivity index (χ4n) is 4.45. The molecule has 1 aliphatic heterocycles. The largest absolute Gasteiger partial charge is 0.488 e. The van der Waals surface area contributed by atoms with Gasteiger partial charge in [0, 0.05) is 30.8 Å². The molecule has 40 heavy (non-hydrogen) atoms. The Bertz CT molecular complexity index is 1420. The number of carbonyl (C=O) groups is 2. The summed E-state index contributed by atoms with van der Waals surface area (Å²) in [6, 6.07) is 12.6. The van der Waals surface area contributed by atoms with Crippen LogP contribution < -0.4 is 10.1 Å². The van der Waals surface area contributed by atoms with Crippen LogP contribution in [0.2, 0.25) is 0 Å². The van der Waals surface area contributed by atoms with Gasteiger partial charge in [0.1, 0.15) is 24.7 Å². The number of fused-ring (bicyclic) bond motifs is 1. The quantitative estimate of drug-likeness (QED) is 0.378. The molecule has 2 N–H and O–H groups in total. The van der Waals surface area contributed by atoms with Crippen LogP contribution in [0.1, 0.15) is 19.4 Å². The highest BCUT2D eigenvalue weighted by molar-refractivity contribution is 7.89. The molecule has 0 fully saturated rings. The molecule has 3 atom stereocenters. The van der Waals surface area contributed by atoms with E-state index in [4.69, 9.17) is 4.74 Å². The lowest BCUT2D eigenvalue weighted by molar-refractivity contribution is -0.134. The number of aliphatic hydroxyl groups excluding tert-OH is 1. The first-order chi connectivity index (χ1) is 19.1. The number of nitrogens with one attached hydrogen (secondary N) is 1. The van der Waals surface area contributed by atoms with Crippen LogP contribution in [0, 0.1) is 5.92 Å². The third-order valence-electron chi connectivity index (χ3n) is 6.79. The van der Waals surface area contributed by atoms with Crippen molar-refractivity contribution >= 4 is 27.5 Å². The summed E-state index contributed by atoms with van der Waals surface area (Å²) in [6.07, 6.45) is 0.666. The lowest BCUT2D eigenvalue weighted by Crippen LogP contribution is -2.48. The van der Waals surface area contributed by atoms with E-state index in [0.717, 1.165) is 0 Å². The van der Waals surface area contributed by atoms with Gasteiger partial charge in [0.2, 0.25) is 21.8 Å².